The Morgan fingerprint density at radius 1 is 1.64 bits per heavy atom. The van der Waals surface area contributed by atoms with Crippen molar-refractivity contribution < 1.29 is 10.3 Å². The molecule has 0 aromatic heterocycles. The summed E-state index contributed by atoms with van der Waals surface area (Å²) in [5.74, 6) is 0.116. The Morgan fingerprint density at radius 2 is 2.18 bits per heavy atom. The van der Waals surface area contributed by atoms with Gasteiger partial charge in [-0.1, -0.05) is 5.16 Å². The second-order valence-corrected chi connectivity index (χ2v) is 2.50. The van der Waals surface area contributed by atoms with E-state index in [0.717, 1.165) is 0 Å². The molecular formula is C6H15N3O2. The Morgan fingerprint density at radius 3 is 2.55 bits per heavy atom. The van der Waals surface area contributed by atoms with Gasteiger partial charge in [0.1, 0.15) is 0 Å². The first kappa shape index (κ1) is 10.2. The number of nitrogens with zero attached hydrogens (tertiary/aromatic N) is 1. The molecule has 0 rings (SSSR count). The Labute approximate surface area is 65.9 Å². The topological polar surface area (TPSA) is 90.9 Å². The highest BCUT2D eigenvalue weighted by atomic mass is 16.4. The summed E-state index contributed by atoms with van der Waals surface area (Å²) < 4.78 is 0. The number of aliphatic hydroxyl groups excluding tert-OH is 1. The van der Waals surface area contributed by atoms with E-state index in [4.69, 9.17) is 16.0 Å². The SMILES string of the molecule is CC(CO)NC(C)C(N)=NO. The third-order valence-electron chi connectivity index (χ3n) is 1.37. The smallest absolute Gasteiger partial charge is 0.156 e. The molecule has 0 bridgehead atoms. The lowest BCUT2D eigenvalue weighted by Gasteiger charge is -2.16. The fourth-order valence-electron chi connectivity index (χ4n) is 0.651. The first-order valence-corrected chi connectivity index (χ1v) is 3.46. The van der Waals surface area contributed by atoms with E-state index in [0.29, 0.717) is 0 Å². The summed E-state index contributed by atoms with van der Waals surface area (Å²) >= 11 is 0. The number of nitrogens with two attached hydrogens (primary N) is 1. The molecular weight excluding hydrogens is 146 g/mol. The highest BCUT2D eigenvalue weighted by molar-refractivity contribution is 5.84. The zero-order chi connectivity index (χ0) is 8.85. The number of hydrogen-bond donors (Lipinski definition) is 4. The molecule has 0 spiro atoms. The van der Waals surface area contributed by atoms with Crippen LogP contribution in [0.25, 0.3) is 0 Å². The Hall–Kier alpha value is -0.810. The van der Waals surface area contributed by atoms with Crippen LogP contribution in [-0.4, -0.2) is 34.8 Å². The standard InChI is InChI=1S/C6H15N3O2/c1-4(3-10)8-5(2)6(7)9-11/h4-5,8,10-11H,3H2,1-2H3,(H2,7,9). The summed E-state index contributed by atoms with van der Waals surface area (Å²) in [6.45, 7) is 3.59. The van der Waals surface area contributed by atoms with Crippen LogP contribution in [0.1, 0.15) is 13.8 Å². The van der Waals surface area contributed by atoms with Crippen molar-refractivity contribution in [2.45, 2.75) is 25.9 Å². The normalized spacial score (nSPS) is 17.9. The maximum atomic E-state index is 8.63. The summed E-state index contributed by atoms with van der Waals surface area (Å²) in [5.41, 5.74) is 5.28. The molecule has 5 nitrogen and oxygen atoms in total. The van der Waals surface area contributed by atoms with Crippen LogP contribution in [0.2, 0.25) is 0 Å². The van der Waals surface area contributed by atoms with Crippen LogP contribution >= 0.6 is 0 Å². The van der Waals surface area contributed by atoms with Gasteiger partial charge in [-0.15, -0.1) is 0 Å². The van der Waals surface area contributed by atoms with Crippen LogP contribution in [-0.2, 0) is 0 Å². The van der Waals surface area contributed by atoms with Gasteiger partial charge in [-0.05, 0) is 13.8 Å². The minimum atomic E-state index is -0.220. The van der Waals surface area contributed by atoms with E-state index >= 15 is 0 Å². The first-order chi connectivity index (χ1) is 5.11. The van der Waals surface area contributed by atoms with E-state index in [1.165, 1.54) is 0 Å². The minimum absolute atomic E-state index is 0.0308. The van der Waals surface area contributed by atoms with Crippen molar-refractivity contribution in [3.63, 3.8) is 0 Å². The van der Waals surface area contributed by atoms with Crippen molar-refractivity contribution in [1.29, 1.82) is 0 Å². The predicted octanol–water partition coefficient (Wildman–Crippen LogP) is -0.908. The Kier molecular flexibility index (Phi) is 4.56. The van der Waals surface area contributed by atoms with Gasteiger partial charge >= 0.3 is 0 Å². The predicted molar refractivity (Wildman–Crippen MR) is 42.6 cm³/mol. The van der Waals surface area contributed by atoms with Gasteiger partial charge in [-0.2, -0.15) is 0 Å². The molecule has 2 unspecified atom stereocenters. The highest BCUT2D eigenvalue weighted by Gasteiger charge is 2.09. The number of aliphatic hydroxyl groups is 1. The van der Waals surface area contributed by atoms with E-state index in [9.17, 15) is 0 Å². The molecule has 0 fully saturated rings. The zero-order valence-corrected chi connectivity index (χ0v) is 6.78. The molecule has 0 aromatic rings. The highest BCUT2D eigenvalue weighted by Crippen LogP contribution is 1.86. The quantitative estimate of drug-likeness (QED) is 0.186. The van der Waals surface area contributed by atoms with Crippen molar-refractivity contribution in [2.24, 2.45) is 10.9 Å². The van der Waals surface area contributed by atoms with Crippen LogP contribution in [0.4, 0.5) is 0 Å². The van der Waals surface area contributed by atoms with Crippen molar-refractivity contribution in [3.05, 3.63) is 0 Å². The maximum absolute atomic E-state index is 8.63. The first-order valence-electron chi connectivity index (χ1n) is 3.46. The second kappa shape index (κ2) is 4.92. The average molecular weight is 161 g/mol. The lowest BCUT2D eigenvalue weighted by molar-refractivity contribution is 0.248. The molecule has 0 saturated carbocycles. The lowest BCUT2D eigenvalue weighted by atomic mass is 10.2. The van der Waals surface area contributed by atoms with Crippen molar-refractivity contribution >= 4 is 5.84 Å². The van der Waals surface area contributed by atoms with Gasteiger partial charge in [-0.3, -0.25) is 0 Å². The molecule has 0 aromatic carbocycles. The van der Waals surface area contributed by atoms with Crippen molar-refractivity contribution in [1.82, 2.24) is 5.32 Å². The Bertz CT molecular complexity index is 138. The van der Waals surface area contributed by atoms with Crippen molar-refractivity contribution in [3.8, 4) is 0 Å². The largest absolute Gasteiger partial charge is 0.409 e. The van der Waals surface area contributed by atoms with E-state index in [1.54, 1.807) is 13.8 Å². The van der Waals surface area contributed by atoms with Crippen LogP contribution in [0.3, 0.4) is 0 Å². The fraction of sp³-hybridized carbons (Fsp3) is 0.833. The average Bonchev–Trinajstić information content (AvgIpc) is 2.02. The van der Waals surface area contributed by atoms with Gasteiger partial charge in [0.2, 0.25) is 0 Å². The fourth-order valence-corrected chi connectivity index (χ4v) is 0.651. The number of amidine groups is 1. The summed E-state index contributed by atoms with van der Waals surface area (Å²) in [4.78, 5) is 0. The number of hydrogen-bond acceptors (Lipinski definition) is 4. The number of nitrogens with one attached hydrogen (secondary N) is 1. The monoisotopic (exact) mass is 161 g/mol. The van der Waals surface area contributed by atoms with E-state index in [1.807, 2.05) is 0 Å². The number of rotatable bonds is 4. The van der Waals surface area contributed by atoms with E-state index < -0.39 is 0 Å². The van der Waals surface area contributed by atoms with Gasteiger partial charge < -0.3 is 21.4 Å². The molecule has 66 valence electrons. The molecule has 0 saturated heterocycles. The third-order valence-corrected chi connectivity index (χ3v) is 1.37. The summed E-state index contributed by atoms with van der Waals surface area (Å²) in [5, 5.41) is 22.6. The summed E-state index contributed by atoms with van der Waals surface area (Å²) in [6.07, 6.45) is 0. The van der Waals surface area contributed by atoms with Gasteiger partial charge in [0, 0.05) is 6.04 Å². The second-order valence-electron chi connectivity index (χ2n) is 2.50. The molecule has 0 radical (unpaired) electrons. The Balaban J connectivity index is 3.77. The van der Waals surface area contributed by atoms with Gasteiger partial charge in [0.25, 0.3) is 0 Å². The maximum Gasteiger partial charge on any atom is 0.156 e. The molecule has 0 aliphatic carbocycles. The zero-order valence-electron chi connectivity index (χ0n) is 6.78. The van der Waals surface area contributed by atoms with Crippen LogP contribution in [0.5, 0.6) is 0 Å². The van der Waals surface area contributed by atoms with Crippen LogP contribution < -0.4 is 11.1 Å². The van der Waals surface area contributed by atoms with Gasteiger partial charge in [0.05, 0.1) is 12.6 Å². The van der Waals surface area contributed by atoms with Gasteiger partial charge in [-0.25, -0.2) is 0 Å². The molecule has 0 aliphatic rings. The van der Waals surface area contributed by atoms with E-state index in [2.05, 4.69) is 10.5 Å². The molecule has 2 atom stereocenters. The minimum Gasteiger partial charge on any atom is -0.409 e. The van der Waals surface area contributed by atoms with Crippen LogP contribution in [0.15, 0.2) is 5.16 Å². The molecule has 0 amide bonds. The lowest BCUT2D eigenvalue weighted by Crippen LogP contribution is -2.44. The van der Waals surface area contributed by atoms with Crippen LogP contribution in [0, 0.1) is 0 Å². The third kappa shape index (κ3) is 3.79. The van der Waals surface area contributed by atoms with Gasteiger partial charge in [0.15, 0.2) is 5.84 Å². The molecule has 5 N–H and O–H groups in total. The molecule has 5 heteroatoms. The molecule has 0 heterocycles. The van der Waals surface area contributed by atoms with E-state index in [-0.39, 0.29) is 24.5 Å². The summed E-state index contributed by atoms with van der Waals surface area (Å²) in [6, 6.07) is -0.271. The van der Waals surface area contributed by atoms with Crippen molar-refractivity contribution in [2.75, 3.05) is 6.61 Å². The molecule has 11 heavy (non-hydrogen) atoms. The molecule has 0 aliphatic heterocycles. The number of oxime groups is 1. The summed E-state index contributed by atoms with van der Waals surface area (Å²) in [7, 11) is 0.